The van der Waals surface area contributed by atoms with Crippen LogP contribution in [-0.4, -0.2) is 6.61 Å². The third kappa shape index (κ3) is 2.84. The lowest BCUT2D eigenvalue weighted by Crippen LogP contribution is -1.99. The summed E-state index contributed by atoms with van der Waals surface area (Å²) in [5, 5.41) is 0.708. The van der Waals surface area contributed by atoms with Crippen LogP contribution in [0, 0.1) is 0 Å². The summed E-state index contributed by atoms with van der Waals surface area (Å²) in [6.45, 7) is 3.10. The molecule has 0 fully saturated rings. The zero-order valence-electron chi connectivity index (χ0n) is 10.3. The molecule has 2 rings (SSSR count). The first-order chi connectivity index (χ1) is 8.74. The molecule has 0 aliphatic heterocycles. The number of rotatable bonds is 4. The average Bonchev–Trinajstić information content (AvgIpc) is 2.39. The highest BCUT2D eigenvalue weighted by Crippen LogP contribution is 2.28. The highest BCUT2D eigenvalue weighted by Gasteiger charge is 2.05. The predicted octanol–water partition coefficient (Wildman–Crippen LogP) is 3.86. The average molecular weight is 262 g/mol. The Bertz CT molecular complexity index is 540. The lowest BCUT2D eigenvalue weighted by molar-refractivity contribution is 0.340. The second kappa shape index (κ2) is 5.89. The third-order valence-corrected chi connectivity index (χ3v) is 2.98. The summed E-state index contributed by atoms with van der Waals surface area (Å²) < 4.78 is 5.51. The van der Waals surface area contributed by atoms with Gasteiger partial charge in [0.05, 0.1) is 6.61 Å². The number of benzene rings is 2. The molecule has 0 aliphatic carbocycles. The van der Waals surface area contributed by atoms with Crippen molar-refractivity contribution in [2.24, 2.45) is 5.73 Å². The van der Waals surface area contributed by atoms with E-state index in [0.717, 1.165) is 22.4 Å². The maximum Gasteiger partial charge on any atom is 0.119 e. The normalized spacial score (nSPS) is 10.4. The predicted molar refractivity (Wildman–Crippen MR) is 75.9 cm³/mol. The van der Waals surface area contributed by atoms with Crippen molar-refractivity contribution in [1.82, 2.24) is 0 Å². The number of hydrogen-bond donors (Lipinski definition) is 1. The van der Waals surface area contributed by atoms with Crippen molar-refractivity contribution in [2.45, 2.75) is 13.5 Å². The van der Waals surface area contributed by atoms with E-state index < -0.39 is 0 Å². The molecule has 0 aromatic heterocycles. The van der Waals surface area contributed by atoms with Gasteiger partial charge in [-0.25, -0.2) is 0 Å². The summed E-state index contributed by atoms with van der Waals surface area (Å²) >= 11 is 5.98. The molecular weight excluding hydrogens is 246 g/mol. The number of halogens is 1. The van der Waals surface area contributed by atoms with E-state index in [9.17, 15) is 0 Å². The molecule has 0 spiro atoms. The Morgan fingerprint density at radius 3 is 2.72 bits per heavy atom. The minimum atomic E-state index is 0.467. The summed E-state index contributed by atoms with van der Waals surface area (Å²) in [5.74, 6) is 0.868. The molecule has 18 heavy (non-hydrogen) atoms. The molecule has 0 amide bonds. The van der Waals surface area contributed by atoms with Gasteiger partial charge in [0.1, 0.15) is 5.75 Å². The molecule has 0 heterocycles. The van der Waals surface area contributed by atoms with E-state index in [4.69, 9.17) is 22.1 Å². The Labute approximate surface area is 112 Å². The van der Waals surface area contributed by atoms with E-state index in [1.807, 2.05) is 49.4 Å². The standard InChI is InChI=1S/C15H16ClNO/c1-2-18-14-5-3-4-11(9-14)15-7-6-13(16)8-12(15)10-17/h3-9H,2,10,17H2,1H3. The molecule has 0 bridgehead atoms. The minimum absolute atomic E-state index is 0.467. The first-order valence-electron chi connectivity index (χ1n) is 5.96. The topological polar surface area (TPSA) is 35.2 Å². The van der Waals surface area contributed by atoms with Crippen LogP contribution in [0.25, 0.3) is 11.1 Å². The van der Waals surface area contributed by atoms with Crippen LogP contribution in [0.2, 0.25) is 5.02 Å². The van der Waals surface area contributed by atoms with Gasteiger partial charge in [0, 0.05) is 11.6 Å². The van der Waals surface area contributed by atoms with Crippen LogP contribution in [0.3, 0.4) is 0 Å². The van der Waals surface area contributed by atoms with Crippen molar-refractivity contribution in [3.63, 3.8) is 0 Å². The fourth-order valence-electron chi connectivity index (χ4n) is 1.93. The quantitative estimate of drug-likeness (QED) is 0.907. The van der Waals surface area contributed by atoms with Gasteiger partial charge in [0.2, 0.25) is 0 Å². The van der Waals surface area contributed by atoms with Crippen LogP contribution in [0.15, 0.2) is 42.5 Å². The van der Waals surface area contributed by atoms with Crippen LogP contribution < -0.4 is 10.5 Å². The number of nitrogens with two attached hydrogens (primary N) is 1. The second-order valence-electron chi connectivity index (χ2n) is 3.97. The Morgan fingerprint density at radius 2 is 2.00 bits per heavy atom. The fraction of sp³-hybridized carbons (Fsp3) is 0.200. The highest BCUT2D eigenvalue weighted by molar-refractivity contribution is 6.30. The Kier molecular flexibility index (Phi) is 4.24. The zero-order valence-corrected chi connectivity index (χ0v) is 11.1. The van der Waals surface area contributed by atoms with Gasteiger partial charge in [0.15, 0.2) is 0 Å². The van der Waals surface area contributed by atoms with E-state index in [-0.39, 0.29) is 0 Å². The molecule has 3 heteroatoms. The summed E-state index contributed by atoms with van der Waals surface area (Å²) in [6.07, 6.45) is 0. The largest absolute Gasteiger partial charge is 0.494 e. The summed E-state index contributed by atoms with van der Waals surface area (Å²) in [4.78, 5) is 0. The van der Waals surface area contributed by atoms with Gasteiger partial charge in [-0.1, -0.05) is 29.8 Å². The molecule has 94 valence electrons. The lowest BCUT2D eigenvalue weighted by Gasteiger charge is -2.10. The van der Waals surface area contributed by atoms with Gasteiger partial charge in [-0.3, -0.25) is 0 Å². The maximum atomic E-state index is 5.98. The lowest BCUT2D eigenvalue weighted by atomic mass is 9.99. The van der Waals surface area contributed by atoms with Gasteiger partial charge in [-0.2, -0.15) is 0 Å². The minimum Gasteiger partial charge on any atom is -0.494 e. The molecule has 0 saturated heterocycles. The molecule has 2 nitrogen and oxygen atoms in total. The van der Waals surface area contributed by atoms with Gasteiger partial charge in [0.25, 0.3) is 0 Å². The molecule has 0 unspecified atom stereocenters. The Hall–Kier alpha value is -1.51. The molecule has 2 aromatic carbocycles. The van der Waals surface area contributed by atoms with Gasteiger partial charge >= 0.3 is 0 Å². The van der Waals surface area contributed by atoms with Crippen molar-refractivity contribution < 1.29 is 4.74 Å². The Balaban J connectivity index is 2.44. The number of hydrogen-bond acceptors (Lipinski definition) is 2. The van der Waals surface area contributed by atoms with Crippen LogP contribution in [0.5, 0.6) is 5.75 Å². The first kappa shape index (κ1) is 12.9. The van der Waals surface area contributed by atoms with E-state index in [1.54, 1.807) is 0 Å². The third-order valence-electron chi connectivity index (χ3n) is 2.74. The molecule has 0 atom stereocenters. The second-order valence-corrected chi connectivity index (χ2v) is 4.40. The van der Waals surface area contributed by atoms with Gasteiger partial charge in [-0.05, 0) is 47.9 Å². The summed E-state index contributed by atoms with van der Waals surface area (Å²) in [5.41, 5.74) is 9.00. The first-order valence-corrected chi connectivity index (χ1v) is 6.34. The fourth-order valence-corrected chi connectivity index (χ4v) is 2.13. The van der Waals surface area contributed by atoms with Crippen molar-refractivity contribution in [1.29, 1.82) is 0 Å². The van der Waals surface area contributed by atoms with Crippen molar-refractivity contribution >= 4 is 11.6 Å². The summed E-state index contributed by atoms with van der Waals surface area (Å²) in [7, 11) is 0. The van der Waals surface area contributed by atoms with Crippen LogP contribution >= 0.6 is 11.6 Å². The van der Waals surface area contributed by atoms with Crippen LogP contribution in [0.4, 0.5) is 0 Å². The van der Waals surface area contributed by atoms with Crippen molar-refractivity contribution in [2.75, 3.05) is 6.61 Å². The zero-order chi connectivity index (χ0) is 13.0. The highest BCUT2D eigenvalue weighted by atomic mass is 35.5. The molecule has 2 aromatic rings. The van der Waals surface area contributed by atoms with Crippen LogP contribution in [-0.2, 0) is 6.54 Å². The smallest absolute Gasteiger partial charge is 0.119 e. The van der Waals surface area contributed by atoms with E-state index in [2.05, 4.69) is 0 Å². The maximum absolute atomic E-state index is 5.98. The van der Waals surface area contributed by atoms with Gasteiger partial charge < -0.3 is 10.5 Å². The SMILES string of the molecule is CCOc1cccc(-c2ccc(Cl)cc2CN)c1. The molecule has 0 saturated carbocycles. The molecule has 2 N–H and O–H groups in total. The van der Waals surface area contributed by atoms with E-state index in [1.165, 1.54) is 0 Å². The van der Waals surface area contributed by atoms with Crippen molar-refractivity contribution in [3.05, 3.63) is 53.1 Å². The summed E-state index contributed by atoms with van der Waals surface area (Å²) in [6, 6.07) is 13.8. The van der Waals surface area contributed by atoms with E-state index in [0.29, 0.717) is 18.2 Å². The van der Waals surface area contributed by atoms with E-state index >= 15 is 0 Å². The monoisotopic (exact) mass is 261 g/mol. The van der Waals surface area contributed by atoms with Crippen molar-refractivity contribution in [3.8, 4) is 16.9 Å². The molecule has 0 radical (unpaired) electrons. The van der Waals surface area contributed by atoms with Gasteiger partial charge in [-0.15, -0.1) is 0 Å². The number of ether oxygens (including phenoxy) is 1. The molecular formula is C15H16ClNO. The Morgan fingerprint density at radius 1 is 1.17 bits per heavy atom. The molecule has 0 aliphatic rings. The van der Waals surface area contributed by atoms with Crippen LogP contribution in [0.1, 0.15) is 12.5 Å².